The average molecular weight is 506 g/mol. The number of hydrogen-bond donors (Lipinski definition) is 1. The van der Waals surface area contributed by atoms with E-state index >= 15 is 0 Å². The van der Waals surface area contributed by atoms with E-state index in [0.717, 1.165) is 11.8 Å². The van der Waals surface area contributed by atoms with Crippen LogP contribution in [-0.2, 0) is 27.0 Å². The summed E-state index contributed by atoms with van der Waals surface area (Å²) in [6.07, 6.45) is -10.1. The number of rotatable bonds is 7. The second kappa shape index (κ2) is 9.70. The van der Waals surface area contributed by atoms with Gasteiger partial charge in [0.2, 0.25) is 5.91 Å². The molecule has 0 aromatic heterocycles. The molecule has 2 aromatic rings. The van der Waals surface area contributed by atoms with Crippen molar-refractivity contribution in [3.05, 3.63) is 58.6 Å². The monoisotopic (exact) mass is 505 g/mol. The van der Waals surface area contributed by atoms with E-state index in [-0.39, 0.29) is 28.2 Å². The molecule has 0 heterocycles. The molecule has 0 saturated carbocycles. The molecule has 1 amide bonds. The zero-order valence-electron chi connectivity index (χ0n) is 15.3. The number of sulfone groups is 1. The van der Waals surface area contributed by atoms with Crippen molar-refractivity contribution in [1.82, 2.24) is 0 Å². The van der Waals surface area contributed by atoms with Crippen LogP contribution in [0.1, 0.15) is 11.1 Å². The molecule has 170 valence electrons. The van der Waals surface area contributed by atoms with Crippen molar-refractivity contribution in [2.24, 2.45) is 0 Å². The minimum atomic E-state index is -5.04. The summed E-state index contributed by atoms with van der Waals surface area (Å²) in [6, 6.07) is 6.18. The lowest BCUT2D eigenvalue weighted by atomic mass is 10.1. The van der Waals surface area contributed by atoms with Gasteiger partial charge in [-0.25, -0.2) is 8.42 Å². The van der Waals surface area contributed by atoms with Gasteiger partial charge in [-0.05, 0) is 42.5 Å². The van der Waals surface area contributed by atoms with Crippen LogP contribution in [0.5, 0.6) is 0 Å². The number of alkyl halides is 6. The average Bonchev–Trinajstić information content (AvgIpc) is 2.64. The summed E-state index contributed by atoms with van der Waals surface area (Å²) in [7, 11) is -3.64. The molecule has 2 rings (SSSR count). The Morgan fingerprint density at radius 1 is 0.935 bits per heavy atom. The predicted molar refractivity (Wildman–Crippen MR) is 106 cm³/mol. The van der Waals surface area contributed by atoms with Gasteiger partial charge < -0.3 is 5.32 Å². The number of halogens is 7. The predicted octanol–water partition coefficient (Wildman–Crippen LogP) is 5.52. The summed E-state index contributed by atoms with van der Waals surface area (Å²) in [5.41, 5.74) is -3.78. The Labute approximate surface area is 182 Å². The Morgan fingerprint density at radius 2 is 1.45 bits per heavy atom. The second-order valence-electron chi connectivity index (χ2n) is 6.17. The number of nitrogens with one attached hydrogen (secondary N) is 1. The van der Waals surface area contributed by atoms with Gasteiger partial charge in [0, 0.05) is 16.5 Å². The van der Waals surface area contributed by atoms with Crippen LogP contribution in [0, 0.1) is 0 Å². The molecule has 0 aliphatic rings. The normalized spacial score (nSPS) is 12.6. The molecule has 31 heavy (non-hydrogen) atoms. The van der Waals surface area contributed by atoms with Crippen LogP contribution < -0.4 is 5.32 Å². The number of thioether (sulfide) groups is 1. The topological polar surface area (TPSA) is 63.2 Å². The highest BCUT2D eigenvalue weighted by molar-refractivity contribution is 8.01. The van der Waals surface area contributed by atoms with E-state index in [1.165, 1.54) is 24.3 Å². The van der Waals surface area contributed by atoms with Crippen molar-refractivity contribution in [1.29, 1.82) is 0 Å². The van der Waals surface area contributed by atoms with Crippen LogP contribution in [0.2, 0.25) is 5.02 Å². The van der Waals surface area contributed by atoms with Gasteiger partial charge in [-0.1, -0.05) is 11.6 Å². The lowest BCUT2D eigenvalue weighted by molar-refractivity contribution is -0.143. The van der Waals surface area contributed by atoms with E-state index in [0.29, 0.717) is 17.2 Å². The molecule has 2 aromatic carbocycles. The fourth-order valence-electron chi connectivity index (χ4n) is 2.32. The molecule has 0 bridgehead atoms. The fraction of sp³-hybridized carbons (Fsp3) is 0.278. The highest BCUT2D eigenvalue weighted by Gasteiger charge is 2.37. The zero-order chi connectivity index (χ0) is 23.4. The Balaban J connectivity index is 1.97. The van der Waals surface area contributed by atoms with Crippen molar-refractivity contribution in [3.8, 4) is 0 Å². The van der Waals surface area contributed by atoms with Gasteiger partial charge in [0.15, 0.2) is 9.84 Å². The van der Waals surface area contributed by atoms with Gasteiger partial charge in [0.05, 0.1) is 27.5 Å². The molecule has 0 unspecified atom stereocenters. The van der Waals surface area contributed by atoms with E-state index in [1.54, 1.807) is 0 Å². The molecule has 0 aliphatic heterocycles. The second-order valence-corrected chi connectivity index (χ2v) is 9.82. The standard InChI is InChI=1S/C18H14ClF6NO3S2/c19-13-1-3-15(4-2-13)31(28,29)6-5-30-10-16(27)26-14-8-11(17(20,21)22)7-12(9-14)18(23,24)25/h1-4,7-9H,5-6,10H2,(H,26,27). The van der Waals surface area contributed by atoms with Crippen LogP contribution in [0.25, 0.3) is 0 Å². The van der Waals surface area contributed by atoms with Crippen LogP contribution in [0.3, 0.4) is 0 Å². The number of carbonyl (C=O) groups is 1. The summed E-state index contributed by atoms with van der Waals surface area (Å²) in [4.78, 5) is 11.9. The Hall–Kier alpha value is -1.92. The number of anilines is 1. The van der Waals surface area contributed by atoms with Crippen molar-refractivity contribution in [2.75, 3.05) is 22.6 Å². The number of carbonyl (C=O) groups excluding carboxylic acids is 1. The summed E-state index contributed by atoms with van der Waals surface area (Å²) in [6.45, 7) is 0. The maximum atomic E-state index is 12.8. The van der Waals surface area contributed by atoms with Crippen LogP contribution >= 0.6 is 23.4 Å². The molecule has 0 atom stereocenters. The Morgan fingerprint density at radius 3 is 1.94 bits per heavy atom. The molecule has 0 spiro atoms. The van der Waals surface area contributed by atoms with E-state index in [1.807, 2.05) is 5.32 Å². The van der Waals surface area contributed by atoms with E-state index in [4.69, 9.17) is 11.6 Å². The lowest BCUT2D eigenvalue weighted by Gasteiger charge is -2.14. The quantitative estimate of drug-likeness (QED) is 0.397. The van der Waals surface area contributed by atoms with Gasteiger partial charge in [0.1, 0.15) is 0 Å². The maximum absolute atomic E-state index is 12.8. The van der Waals surface area contributed by atoms with Crippen molar-refractivity contribution < 1.29 is 39.6 Å². The van der Waals surface area contributed by atoms with Gasteiger partial charge in [-0.15, -0.1) is 0 Å². The smallest absolute Gasteiger partial charge is 0.325 e. The van der Waals surface area contributed by atoms with Gasteiger partial charge in [0.25, 0.3) is 0 Å². The molecule has 0 fully saturated rings. The number of hydrogen-bond acceptors (Lipinski definition) is 4. The molecule has 4 nitrogen and oxygen atoms in total. The Kier molecular flexibility index (Phi) is 7.93. The first-order valence-electron chi connectivity index (χ1n) is 8.34. The summed E-state index contributed by atoms with van der Waals surface area (Å²) < 4.78 is 101. The van der Waals surface area contributed by atoms with Crippen molar-refractivity contribution in [3.63, 3.8) is 0 Å². The molecule has 0 aliphatic carbocycles. The summed E-state index contributed by atoms with van der Waals surface area (Å²) in [5, 5.41) is 2.33. The molecule has 13 heteroatoms. The fourth-order valence-corrected chi connectivity index (χ4v) is 4.98. The highest BCUT2D eigenvalue weighted by Crippen LogP contribution is 2.37. The first-order chi connectivity index (χ1) is 14.2. The SMILES string of the molecule is O=C(CSCCS(=O)(=O)c1ccc(Cl)cc1)Nc1cc(C(F)(F)F)cc(C(F)(F)F)c1. The number of amides is 1. The maximum Gasteiger partial charge on any atom is 0.416 e. The first-order valence-corrected chi connectivity index (χ1v) is 11.5. The van der Waals surface area contributed by atoms with Crippen molar-refractivity contribution in [2.45, 2.75) is 17.2 Å². The third-order valence-corrected chi connectivity index (χ3v) is 6.98. The van der Waals surface area contributed by atoms with E-state index < -0.39 is 44.9 Å². The molecular weight excluding hydrogens is 492 g/mol. The summed E-state index contributed by atoms with van der Waals surface area (Å²) >= 11 is 6.55. The first kappa shape index (κ1) is 25.3. The number of benzene rings is 2. The molecule has 0 saturated heterocycles. The van der Waals surface area contributed by atoms with Crippen LogP contribution in [0.4, 0.5) is 32.0 Å². The zero-order valence-corrected chi connectivity index (χ0v) is 17.7. The van der Waals surface area contributed by atoms with Gasteiger partial charge >= 0.3 is 12.4 Å². The van der Waals surface area contributed by atoms with E-state index in [2.05, 4.69) is 0 Å². The Bertz CT molecular complexity index is 1010. The van der Waals surface area contributed by atoms with E-state index in [9.17, 15) is 39.6 Å². The highest BCUT2D eigenvalue weighted by atomic mass is 35.5. The minimum absolute atomic E-state index is 0.0191. The third kappa shape index (κ3) is 7.62. The summed E-state index contributed by atoms with van der Waals surface area (Å²) in [5.74, 6) is -1.59. The van der Waals surface area contributed by atoms with Gasteiger partial charge in [-0.2, -0.15) is 38.1 Å². The largest absolute Gasteiger partial charge is 0.416 e. The minimum Gasteiger partial charge on any atom is -0.325 e. The van der Waals surface area contributed by atoms with Crippen LogP contribution in [0.15, 0.2) is 47.4 Å². The molecule has 0 radical (unpaired) electrons. The molecular formula is C18H14ClF6NO3S2. The molecule has 1 N–H and O–H groups in total. The van der Waals surface area contributed by atoms with Gasteiger partial charge in [-0.3, -0.25) is 4.79 Å². The van der Waals surface area contributed by atoms with Crippen LogP contribution in [-0.4, -0.2) is 31.6 Å². The third-order valence-electron chi connectivity index (χ3n) is 3.77. The lowest BCUT2D eigenvalue weighted by Crippen LogP contribution is -2.18. The van der Waals surface area contributed by atoms with Crippen molar-refractivity contribution >= 4 is 44.8 Å².